The zero-order valence-corrected chi connectivity index (χ0v) is 13.4. The van der Waals surface area contributed by atoms with Crippen LogP contribution in [0, 0.1) is 0 Å². The highest BCUT2D eigenvalue weighted by Gasteiger charge is 2.30. The fourth-order valence-corrected chi connectivity index (χ4v) is 2.87. The van der Waals surface area contributed by atoms with E-state index in [0.29, 0.717) is 5.92 Å². The molecule has 1 amide bonds. The average Bonchev–Trinajstić information content (AvgIpc) is 2.95. The van der Waals surface area contributed by atoms with E-state index < -0.39 is 5.60 Å². The number of benzene rings is 1. The molecule has 1 aromatic heterocycles. The first-order chi connectivity index (χ1) is 10.4. The van der Waals surface area contributed by atoms with Crippen LogP contribution in [0.1, 0.15) is 38.7 Å². The van der Waals surface area contributed by atoms with E-state index in [1.807, 2.05) is 37.9 Å². The van der Waals surface area contributed by atoms with Gasteiger partial charge in [0.1, 0.15) is 5.60 Å². The summed E-state index contributed by atoms with van der Waals surface area (Å²) in [6.45, 7) is 7.17. The van der Waals surface area contributed by atoms with E-state index in [1.54, 1.807) is 0 Å². The predicted molar refractivity (Wildman–Crippen MR) is 86.9 cm³/mol. The highest BCUT2D eigenvalue weighted by atomic mass is 16.6. The number of amides is 1. The fraction of sp³-hybridized carbons (Fsp3) is 0.444. The second-order valence-corrected chi connectivity index (χ2v) is 6.87. The third kappa shape index (κ3) is 3.21. The molecular weight excluding hydrogens is 276 g/mol. The van der Waals surface area contributed by atoms with Gasteiger partial charge < -0.3 is 9.64 Å². The van der Waals surface area contributed by atoms with Gasteiger partial charge in [-0.15, -0.1) is 0 Å². The Hall–Kier alpha value is -2.10. The van der Waals surface area contributed by atoms with Gasteiger partial charge in [-0.1, -0.05) is 12.1 Å². The molecule has 1 fully saturated rings. The fourth-order valence-electron chi connectivity index (χ4n) is 2.87. The molecule has 3 rings (SSSR count). The highest BCUT2D eigenvalue weighted by molar-refractivity contribution is 5.79. The number of nitrogens with zero attached hydrogens (tertiary/aromatic N) is 2. The molecule has 0 bridgehead atoms. The monoisotopic (exact) mass is 298 g/mol. The molecule has 0 aliphatic carbocycles. The lowest BCUT2D eigenvalue weighted by molar-refractivity contribution is 0.0292. The maximum absolute atomic E-state index is 12.1. The van der Waals surface area contributed by atoms with Crippen molar-refractivity contribution < 1.29 is 9.53 Å². The van der Waals surface area contributed by atoms with Crippen molar-refractivity contribution in [2.45, 2.75) is 38.7 Å². The van der Waals surface area contributed by atoms with Crippen LogP contribution in [0.2, 0.25) is 0 Å². The molecule has 2 aromatic rings. The summed E-state index contributed by atoms with van der Waals surface area (Å²) in [5.41, 5.74) is 1.84. The number of aromatic nitrogens is 1. The van der Waals surface area contributed by atoms with Gasteiger partial charge in [0, 0.05) is 30.6 Å². The predicted octanol–water partition coefficient (Wildman–Crippen LogP) is 3.96. The molecule has 0 radical (unpaired) electrons. The van der Waals surface area contributed by atoms with Crippen molar-refractivity contribution in [3.63, 3.8) is 0 Å². The maximum Gasteiger partial charge on any atom is 0.410 e. The molecule has 0 saturated carbocycles. The molecule has 116 valence electrons. The SMILES string of the molecule is CC(C)(C)OC(=O)N1CCC(c2ccc3ncccc3c2)C1. The Morgan fingerprint density at radius 2 is 2.14 bits per heavy atom. The van der Waals surface area contributed by atoms with Crippen LogP contribution in [0.5, 0.6) is 0 Å². The van der Waals surface area contributed by atoms with Gasteiger partial charge in [0.15, 0.2) is 0 Å². The number of pyridine rings is 1. The molecule has 4 nitrogen and oxygen atoms in total. The van der Waals surface area contributed by atoms with Crippen molar-refractivity contribution in [3.05, 3.63) is 42.1 Å². The summed E-state index contributed by atoms with van der Waals surface area (Å²) in [4.78, 5) is 18.3. The zero-order valence-electron chi connectivity index (χ0n) is 13.4. The van der Waals surface area contributed by atoms with Crippen molar-refractivity contribution >= 4 is 17.0 Å². The molecule has 0 N–H and O–H groups in total. The minimum absolute atomic E-state index is 0.211. The van der Waals surface area contributed by atoms with E-state index in [2.05, 4.69) is 29.2 Å². The zero-order chi connectivity index (χ0) is 15.7. The molecule has 1 atom stereocenters. The number of carbonyl (C=O) groups is 1. The number of carbonyl (C=O) groups excluding carboxylic acids is 1. The normalized spacial score (nSPS) is 18.7. The van der Waals surface area contributed by atoms with Gasteiger partial charge in [-0.25, -0.2) is 4.79 Å². The molecule has 1 aromatic carbocycles. The maximum atomic E-state index is 12.1. The van der Waals surface area contributed by atoms with Gasteiger partial charge >= 0.3 is 6.09 Å². The lowest BCUT2D eigenvalue weighted by atomic mass is 9.97. The number of rotatable bonds is 1. The van der Waals surface area contributed by atoms with Gasteiger partial charge in [0.25, 0.3) is 0 Å². The molecule has 1 aliphatic heterocycles. The molecular formula is C18H22N2O2. The molecule has 4 heteroatoms. The first kappa shape index (κ1) is 14.8. The summed E-state index contributed by atoms with van der Waals surface area (Å²) in [5, 5.41) is 1.15. The summed E-state index contributed by atoms with van der Waals surface area (Å²) < 4.78 is 5.45. The average molecular weight is 298 g/mol. The second kappa shape index (κ2) is 5.59. The Bertz CT molecular complexity index is 691. The lowest BCUT2D eigenvalue weighted by Gasteiger charge is -2.24. The van der Waals surface area contributed by atoms with Gasteiger partial charge in [-0.2, -0.15) is 0 Å². The minimum atomic E-state index is -0.441. The van der Waals surface area contributed by atoms with Gasteiger partial charge in [0.05, 0.1) is 5.52 Å². The summed E-state index contributed by atoms with van der Waals surface area (Å²) in [7, 11) is 0. The smallest absolute Gasteiger partial charge is 0.410 e. The van der Waals surface area contributed by atoms with E-state index in [1.165, 1.54) is 5.56 Å². The second-order valence-electron chi connectivity index (χ2n) is 6.87. The topological polar surface area (TPSA) is 42.4 Å². The van der Waals surface area contributed by atoms with Crippen molar-refractivity contribution in [3.8, 4) is 0 Å². The van der Waals surface area contributed by atoms with E-state index >= 15 is 0 Å². The van der Waals surface area contributed by atoms with Crippen LogP contribution in [-0.2, 0) is 4.74 Å². The van der Waals surface area contributed by atoms with Crippen molar-refractivity contribution in [2.24, 2.45) is 0 Å². The summed E-state index contributed by atoms with van der Waals surface area (Å²) in [6, 6.07) is 10.4. The van der Waals surface area contributed by atoms with Crippen LogP contribution in [0.3, 0.4) is 0 Å². The Balaban J connectivity index is 1.72. The van der Waals surface area contributed by atoms with Crippen molar-refractivity contribution in [1.82, 2.24) is 9.88 Å². The Kier molecular flexibility index (Phi) is 3.77. The standard InChI is InChI=1S/C18H22N2O2/c1-18(2,3)22-17(21)20-10-8-15(12-20)13-6-7-16-14(11-13)5-4-9-19-16/h4-7,9,11,15H,8,10,12H2,1-3H3. The molecule has 22 heavy (non-hydrogen) atoms. The third-order valence-corrected chi connectivity index (χ3v) is 3.94. The Labute approximate surface area is 131 Å². The van der Waals surface area contributed by atoms with Crippen LogP contribution in [0.25, 0.3) is 10.9 Å². The molecule has 1 aliphatic rings. The molecule has 2 heterocycles. The van der Waals surface area contributed by atoms with E-state index in [-0.39, 0.29) is 6.09 Å². The minimum Gasteiger partial charge on any atom is -0.444 e. The highest BCUT2D eigenvalue weighted by Crippen LogP contribution is 2.29. The van der Waals surface area contributed by atoms with Crippen LogP contribution in [-0.4, -0.2) is 34.7 Å². The van der Waals surface area contributed by atoms with Gasteiger partial charge in [-0.3, -0.25) is 4.98 Å². The summed E-state index contributed by atoms with van der Waals surface area (Å²) in [5.74, 6) is 0.372. The molecule has 1 saturated heterocycles. The van der Waals surface area contributed by atoms with Gasteiger partial charge in [-0.05, 0) is 51.0 Å². The lowest BCUT2D eigenvalue weighted by Crippen LogP contribution is -2.35. The van der Waals surface area contributed by atoms with Gasteiger partial charge in [0.2, 0.25) is 0 Å². The summed E-state index contributed by atoms with van der Waals surface area (Å²) in [6.07, 6.45) is 2.57. The van der Waals surface area contributed by atoms with Crippen LogP contribution in [0.15, 0.2) is 36.5 Å². The van der Waals surface area contributed by atoms with Crippen LogP contribution < -0.4 is 0 Å². The molecule has 1 unspecified atom stereocenters. The van der Waals surface area contributed by atoms with E-state index in [4.69, 9.17) is 4.74 Å². The number of ether oxygens (including phenoxy) is 1. The van der Waals surface area contributed by atoms with E-state index in [0.717, 1.165) is 30.4 Å². The quantitative estimate of drug-likeness (QED) is 0.800. The first-order valence-corrected chi connectivity index (χ1v) is 7.75. The number of hydrogen-bond acceptors (Lipinski definition) is 3. The first-order valence-electron chi connectivity index (χ1n) is 7.75. The molecule has 0 spiro atoms. The number of fused-ring (bicyclic) bond motifs is 1. The third-order valence-electron chi connectivity index (χ3n) is 3.94. The number of hydrogen-bond donors (Lipinski definition) is 0. The van der Waals surface area contributed by atoms with Crippen LogP contribution in [0.4, 0.5) is 4.79 Å². The summed E-state index contributed by atoms with van der Waals surface area (Å²) >= 11 is 0. The van der Waals surface area contributed by atoms with Crippen molar-refractivity contribution in [2.75, 3.05) is 13.1 Å². The largest absolute Gasteiger partial charge is 0.444 e. The Morgan fingerprint density at radius 1 is 1.32 bits per heavy atom. The number of likely N-dealkylation sites (tertiary alicyclic amines) is 1. The van der Waals surface area contributed by atoms with Crippen LogP contribution >= 0.6 is 0 Å². The van der Waals surface area contributed by atoms with Crippen molar-refractivity contribution in [1.29, 1.82) is 0 Å². The Morgan fingerprint density at radius 3 is 2.91 bits per heavy atom. The van der Waals surface area contributed by atoms with E-state index in [9.17, 15) is 4.79 Å².